The number of carbonyl (C=O) groups excluding carboxylic acids is 2. The Kier molecular flexibility index (Phi) is 6.36. The first-order valence-electron chi connectivity index (χ1n) is 9.55. The molecule has 1 N–H and O–H groups in total. The van der Waals surface area contributed by atoms with Crippen LogP contribution in [-0.4, -0.2) is 61.0 Å². The molecule has 1 aliphatic rings. The fourth-order valence-corrected chi connectivity index (χ4v) is 3.50. The maximum Gasteiger partial charge on any atom is 0.295 e. The lowest BCUT2D eigenvalue weighted by Crippen LogP contribution is -2.32. The van der Waals surface area contributed by atoms with Gasteiger partial charge in [0.15, 0.2) is 0 Å². The number of nitro benzene ring substituents is 1. The third kappa shape index (κ3) is 4.26. The average Bonchev–Trinajstić information content (AvgIpc) is 3.02. The van der Waals surface area contributed by atoms with Crippen LogP contribution in [-0.2, 0) is 14.3 Å². The van der Waals surface area contributed by atoms with Gasteiger partial charge in [-0.25, -0.2) is 0 Å². The Balaban J connectivity index is 2.12. The minimum atomic E-state index is -0.811. The van der Waals surface area contributed by atoms with Crippen LogP contribution in [0.3, 0.4) is 0 Å². The van der Waals surface area contributed by atoms with E-state index >= 15 is 0 Å². The van der Waals surface area contributed by atoms with Crippen molar-refractivity contribution in [1.29, 1.82) is 0 Å². The largest absolute Gasteiger partial charge is 0.507 e. The number of hydrogen-bond acceptors (Lipinski definition) is 7. The van der Waals surface area contributed by atoms with E-state index in [-0.39, 0.29) is 35.7 Å². The van der Waals surface area contributed by atoms with Crippen molar-refractivity contribution < 1.29 is 24.4 Å². The van der Waals surface area contributed by atoms with Gasteiger partial charge in [0.05, 0.1) is 23.1 Å². The summed E-state index contributed by atoms with van der Waals surface area (Å²) in [6.07, 6.45) is 0. The Bertz CT molecular complexity index is 1030. The van der Waals surface area contributed by atoms with Crippen LogP contribution in [0.25, 0.3) is 5.76 Å². The minimum Gasteiger partial charge on any atom is -0.507 e. The van der Waals surface area contributed by atoms with Gasteiger partial charge < -0.3 is 19.6 Å². The molecule has 9 heteroatoms. The molecule has 1 heterocycles. The summed E-state index contributed by atoms with van der Waals surface area (Å²) in [6, 6.07) is 11.7. The maximum atomic E-state index is 12.9. The van der Waals surface area contributed by atoms with E-state index in [2.05, 4.69) is 0 Å². The van der Waals surface area contributed by atoms with Crippen LogP contribution < -0.4 is 4.90 Å². The van der Waals surface area contributed by atoms with Crippen LogP contribution >= 0.6 is 0 Å². The Morgan fingerprint density at radius 1 is 1.13 bits per heavy atom. The average molecular weight is 425 g/mol. The fraction of sp³-hybridized carbons (Fsp3) is 0.273. The number of hydrogen-bond donors (Lipinski definition) is 1. The van der Waals surface area contributed by atoms with Crippen molar-refractivity contribution >= 4 is 28.8 Å². The van der Waals surface area contributed by atoms with E-state index in [0.717, 1.165) is 5.69 Å². The van der Waals surface area contributed by atoms with Gasteiger partial charge in [0.25, 0.3) is 17.4 Å². The van der Waals surface area contributed by atoms with Crippen molar-refractivity contribution in [3.8, 4) is 0 Å². The van der Waals surface area contributed by atoms with E-state index in [4.69, 9.17) is 4.74 Å². The molecular weight excluding hydrogens is 402 g/mol. The number of non-ortho nitro benzene ring substituents is 1. The van der Waals surface area contributed by atoms with Crippen molar-refractivity contribution in [1.82, 2.24) is 4.90 Å². The molecule has 31 heavy (non-hydrogen) atoms. The van der Waals surface area contributed by atoms with Gasteiger partial charge in [-0.2, -0.15) is 0 Å². The number of amides is 1. The number of anilines is 1. The fourth-order valence-electron chi connectivity index (χ4n) is 3.50. The van der Waals surface area contributed by atoms with E-state index in [0.29, 0.717) is 5.56 Å². The van der Waals surface area contributed by atoms with Gasteiger partial charge in [-0.05, 0) is 29.8 Å². The van der Waals surface area contributed by atoms with Gasteiger partial charge in [-0.3, -0.25) is 19.7 Å². The van der Waals surface area contributed by atoms with Crippen LogP contribution in [0, 0.1) is 10.1 Å². The molecule has 162 valence electrons. The smallest absolute Gasteiger partial charge is 0.295 e. The number of Topliss-reactive ketones (excluding diaryl/α,β-unsaturated/α-hetero) is 1. The summed E-state index contributed by atoms with van der Waals surface area (Å²) < 4.78 is 5.08. The second-order valence-electron chi connectivity index (χ2n) is 7.28. The topological polar surface area (TPSA) is 113 Å². The number of methoxy groups -OCH3 is 1. The number of nitro groups is 1. The lowest BCUT2D eigenvalue weighted by molar-refractivity contribution is -0.384. The molecule has 1 atom stereocenters. The molecule has 0 radical (unpaired) electrons. The Morgan fingerprint density at radius 3 is 2.26 bits per heavy atom. The van der Waals surface area contributed by atoms with Gasteiger partial charge in [0.1, 0.15) is 5.76 Å². The molecule has 1 fully saturated rings. The predicted molar refractivity (Wildman–Crippen MR) is 115 cm³/mol. The summed E-state index contributed by atoms with van der Waals surface area (Å²) in [4.78, 5) is 39.2. The number of likely N-dealkylation sites (tertiary alicyclic amines) is 1. The molecule has 1 saturated heterocycles. The van der Waals surface area contributed by atoms with Crippen molar-refractivity contribution in [2.75, 3.05) is 39.3 Å². The normalized spacial score (nSPS) is 17.8. The molecule has 0 aliphatic carbocycles. The predicted octanol–water partition coefficient (Wildman–Crippen LogP) is 2.73. The second kappa shape index (κ2) is 8.97. The SMILES string of the molecule is COCCN1C(=O)C(=O)/C(=C(\O)c2ccc([N+](=O)[O-])cc2)C1c1ccc(N(C)C)cc1. The van der Waals surface area contributed by atoms with Crippen LogP contribution in [0.5, 0.6) is 0 Å². The summed E-state index contributed by atoms with van der Waals surface area (Å²) >= 11 is 0. The monoisotopic (exact) mass is 425 g/mol. The highest BCUT2D eigenvalue weighted by atomic mass is 16.6. The van der Waals surface area contributed by atoms with Crippen LogP contribution in [0.2, 0.25) is 0 Å². The lowest BCUT2D eigenvalue weighted by Gasteiger charge is -2.25. The summed E-state index contributed by atoms with van der Waals surface area (Å²) in [5, 5.41) is 21.8. The summed E-state index contributed by atoms with van der Waals surface area (Å²) in [5.41, 5.74) is 1.60. The first kappa shape index (κ1) is 22.0. The molecule has 1 unspecified atom stereocenters. The van der Waals surface area contributed by atoms with E-state index in [1.165, 1.54) is 36.3 Å². The number of ether oxygens (including phenoxy) is 1. The van der Waals surface area contributed by atoms with Crippen LogP contribution in [0.4, 0.5) is 11.4 Å². The number of benzene rings is 2. The molecule has 0 bridgehead atoms. The molecule has 2 aromatic rings. The highest BCUT2D eigenvalue weighted by molar-refractivity contribution is 6.46. The molecule has 2 aromatic carbocycles. The molecule has 0 aromatic heterocycles. The van der Waals surface area contributed by atoms with E-state index in [1.54, 1.807) is 12.1 Å². The molecule has 3 rings (SSSR count). The highest BCUT2D eigenvalue weighted by Crippen LogP contribution is 2.39. The van der Waals surface area contributed by atoms with Crippen molar-refractivity contribution in [2.24, 2.45) is 0 Å². The molecule has 0 spiro atoms. The highest BCUT2D eigenvalue weighted by Gasteiger charge is 2.45. The van der Waals surface area contributed by atoms with E-state index in [1.807, 2.05) is 31.1 Å². The quantitative estimate of drug-likeness (QED) is 0.239. The van der Waals surface area contributed by atoms with Crippen LogP contribution in [0.15, 0.2) is 54.1 Å². The number of carbonyl (C=O) groups is 2. The second-order valence-corrected chi connectivity index (χ2v) is 7.28. The Labute approximate surface area is 179 Å². The number of nitrogens with zero attached hydrogens (tertiary/aromatic N) is 3. The standard InChI is InChI=1S/C22H23N3O6/c1-23(2)16-8-4-14(5-9-16)19-18(21(27)22(28)24(19)12-13-31-3)20(26)15-6-10-17(11-7-15)25(29)30/h4-11,19,26H,12-13H2,1-3H3/b20-18-. The van der Waals surface area contributed by atoms with Crippen LogP contribution in [0.1, 0.15) is 17.2 Å². The van der Waals surface area contributed by atoms with E-state index in [9.17, 15) is 24.8 Å². The van der Waals surface area contributed by atoms with E-state index < -0.39 is 22.7 Å². The maximum absolute atomic E-state index is 12.9. The van der Waals surface area contributed by atoms with Crippen molar-refractivity contribution in [2.45, 2.75) is 6.04 Å². The molecule has 9 nitrogen and oxygen atoms in total. The summed E-state index contributed by atoms with van der Waals surface area (Å²) in [6.45, 7) is 0.384. The summed E-state index contributed by atoms with van der Waals surface area (Å²) in [5.74, 6) is -1.93. The number of aliphatic hydroxyl groups excluding tert-OH is 1. The number of rotatable bonds is 7. The number of ketones is 1. The summed E-state index contributed by atoms with van der Waals surface area (Å²) in [7, 11) is 5.29. The Morgan fingerprint density at radius 2 is 1.74 bits per heavy atom. The minimum absolute atomic E-state index is 0.0624. The number of aliphatic hydroxyl groups is 1. The van der Waals surface area contributed by atoms with Gasteiger partial charge in [0, 0.05) is 51.1 Å². The third-order valence-electron chi connectivity index (χ3n) is 5.15. The zero-order valence-electron chi connectivity index (χ0n) is 17.4. The van der Waals surface area contributed by atoms with Gasteiger partial charge in [-0.15, -0.1) is 0 Å². The molecular formula is C22H23N3O6. The van der Waals surface area contributed by atoms with Gasteiger partial charge in [0.2, 0.25) is 0 Å². The lowest BCUT2D eigenvalue weighted by atomic mass is 9.95. The zero-order valence-corrected chi connectivity index (χ0v) is 17.4. The Hall–Kier alpha value is -3.72. The van der Waals surface area contributed by atoms with Gasteiger partial charge >= 0.3 is 0 Å². The van der Waals surface area contributed by atoms with Gasteiger partial charge in [-0.1, -0.05) is 12.1 Å². The molecule has 1 amide bonds. The molecule has 1 aliphatic heterocycles. The van der Waals surface area contributed by atoms with Crippen molar-refractivity contribution in [3.05, 3.63) is 75.3 Å². The van der Waals surface area contributed by atoms with Crippen molar-refractivity contribution in [3.63, 3.8) is 0 Å². The zero-order chi connectivity index (χ0) is 22.7. The third-order valence-corrected chi connectivity index (χ3v) is 5.15. The molecule has 0 saturated carbocycles. The first-order chi connectivity index (χ1) is 14.8. The first-order valence-corrected chi connectivity index (χ1v) is 9.55.